The SMILES string of the molecule is NC1CCCCCC1c1nc(-c2ncccc2Cl)no1. The first-order valence-corrected chi connectivity index (χ1v) is 7.33. The Kier molecular flexibility index (Phi) is 3.98. The van der Waals surface area contributed by atoms with E-state index >= 15 is 0 Å². The maximum Gasteiger partial charge on any atom is 0.231 e. The van der Waals surface area contributed by atoms with Crippen LogP contribution in [0.2, 0.25) is 5.02 Å². The first-order chi connectivity index (χ1) is 9.75. The molecule has 2 atom stereocenters. The quantitative estimate of drug-likeness (QED) is 0.860. The van der Waals surface area contributed by atoms with Gasteiger partial charge in [-0.3, -0.25) is 4.98 Å². The van der Waals surface area contributed by atoms with E-state index in [0.29, 0.717) is 22.4 Å². The van der Waals surface area contributed by atoms with Crippen LogP contribution >= 0.6 is 11.6 Å². The molecular weight excluding hydrogens is 276 g/mol. The highest BCUT2D eigenvalue weighted by molar-refractivity contribution is 6.32. The topological polar surface area (TPSA) is 77.8 Å². The highest BCUT2D eigenvalue weighted by Gasteiger charge is 2.27. The zero-order chi connectivity index (χ0) is 13.9. The van der Waals surface area contributed by atoms with Crippen LogP contribution in [0.1, 0.15) is 43.9 Å². The van der Waals surface area contributed by atoms with Gasteiger partial charge in [-0.2, -0.15) is 4.98 Å². The van der Waals surface area contributed by atoms with Crippen molar-refractivity contribution in [2.24, 2.45) is 5.73 Å². The minimum absolute atomic E-state index is 0.0880. The molecule has 2 unspecified atom stereocenters. The molecule has 5 nitrogen and oxygen atoms in total. The molecule has 0 aromatic carbocycles. The van der Waals surface area contributed by atoms with E-state index < -0.39 is 0 Å². The number of aromatic nitrogens is 3. The zero-order valence-corrected chi connectivity index (χ0v) is 11.9. The molecule has 6 heteroatoms. The van der Waals surface area contributed by atoms with Crippen molar-refractivity contribution in [3.63, 3.8) is 0 Å². The molecule has 0 amide bonds. The van der Waals surface area contributed by atoms with E-state index in [1.165, 1.54) is 12.8 Å². The summed E-state index contributed by atoms with van der Waals surface area (Å²) in [7, 11) is 0. The molecule has 2 heterocycles. The zero-order valence-electron chi connectivity index (χ0n) is 11.1. The lowest BCUT2D eigenvalue weighted by atomic mass is 9.95. The Morgan fingerprint density at radius 2 is 2.10 bits per heavy atom. The summed E-state index contributed by atoms with van der Waals surface area (Å²) in [4.78, 5) is 8.65. The second-order valence-corrected chi connectivity index (χ2v) is 5.61. The van der Waals surface area contributed by atoms with Gasteiger partial charge in [0.25, 0.3) is 0 Å². The van der Waals surface area contributed by atoms with Crippen molar-refractivity contribution < 1.29 is 4.52 Å². The monoisotopic (exact) mass is 292 g/mol. The first-order valence-electron chi connectivity index (χ1n) is 6.96. The van der Waals surface area contributed by atoms with Crippen LogP contribution in [0, 0.1) is 0 Å². The van der Waals surface area contributed by atoms with E-state index in [1.54, 1.807) is 18.3 Å². The van der Waals surface area contributed by atoms with Crippen molar-refractivity contribution in [2.75, 3.05) is 0 Å². The molecule has 106 valence electrons. The molecule has 2 N–H and O–H groups in total. The highest BCUT2D eigenvalue weighted by Crippen LogP contribution is 2.31. The van der Waals surface area contributed by atoms with Crippen LogP contribution in [0.25, 0.3) is 11.5 Å². The molecule has 0 radical (unpaired) electrons. The third kappa shape index (κ3) is 2.69. The number of halogens is 1. The molecule has 2 aromatic heterocycles. The fraction of sp³-hybridized carbons (Fsp3) is 0.500. The number of pyridine rings is 1. The van der Waals surface area contributed by atoms with Crippen molar-refractivity contribution in [1.82, 2.24) is 15.1 Å². The molecule has 1 fully saturated rings. The fourth-order valence-corrected chi connectivity index (χ4v) is 2.88. The molecule has 1 saturated carbocycles. The second kappa shape index (κ2) is 5.89. The van der Waals surface area contributed by atoms with Gasteiger partial charge in [0.05, 0.1) is 10.9 Å². The lowest BCUT2D eigenvalue weighted by Crippen LogP contribution is -2.27. The fourth-order valence-electron chi connectivity index (χ4n) is 2.68. The summed E-state index contributed by atoms with van der Waals surface area (Å²) in [6.45, 7) is 0. The number of nitrogens with zero attached hydrogens (tertiary/aromatic N) is 3. The van der Waals surface area contributed by atoms with Gasteiger partial charge in [-0.25, -0.2) is 0 Å². The normalized spacial score (nSPS) is 23.5. The van der Waals surface area contributed by atoms with E-state index in [4.69, 9.17) is 21.9 Å². The Labute approximate surface area is 122 Å². The van der Waals surface area contributed by atoms with Gasteiger partial charge in [-0.1, -0.05) is 36.0 Å². The smallest absolute Gasteiger partial charge is 0.231 e. The van der Waals surface area contributed by atoms with E-state index in [1.807, 2.05) is 0 Å². The van der Waals surface area contributed by atoms with Gasteiger partial charge in [0.15, 0.2) is 0 Å². The van der Waals surface area contributed by atoms with E-state index in [2.05, 4.69) is 15.1 Å². The molecule has 1 aliphatic carbocycles. The van der Waals surface area contributed by atoms with Gasteiger partial charge in [0.1, 0.15) is 5.69 Å². The third-order valence-electron chi connectivity index (χ3n) is 3.80. The van der Waals surface area contributed by atoms with Gasteiger partial charge in [0, 0.05) is 12.2 Å². The lowest BCUT2D eigenvalue weighted by Gasteiger charge is -2.16. The van der Waals surface area contributed by atoms with Crippen molar-refractivity contribution in [3.8, 4) is 11.5 Å². The molecule has 0 saturated heterocycles. The van der Waals surface area contributed by atoms with Crippen LogP contribution in [0.15, 0.2) is 22.9 Å². The Hall–Kier alpha value is -1.46. The molecule has 0 spiro atoms. The summed E-state index contributed by atoms with van der Waals surface area (Å²) in [5.74, 6) is 1.18. The summed E-state index contributed by atoms with van der Waals surface area (Å²) in [6.07, 6.45) is 7.21. The van der Waals surface area contributed by atoms with E-state index in [0.717, 1.165) is 19.3 Å². The minimum Gasteiger partial charge on any atom is -0.339 e. The first kappa shape index (κ1) is 13.5. The molecule has 20 heavy (non-hydrogen) atoms. The summed E-state index contributed by atoms with van der Waals surface area (Å²) in [5, 5.41) is 4.52. The van der Waals surface area contributed by atoms with Crippen molar-refractivity contribution in [2.45, 2.75) is 44.1 Å². The van der Waals surface area contributed by atoms with Crippen LogP contribution in [0.4, 0.5) is 0 Å². The Morgan fingerprint density at radius 3 is 2.95 bits per heavy atom. The predicted molar refractivity (Wildman–Crippen MR) is 76.3 cm³/mol. The van der Waals surface area contributed by atoms with Crippen LogP contribution in [0.5, 0.6) is 0 Å². The Morgan fingerprint density at radius 1 is 1.25 bits per heavy atom. The van der Waals surface area contributed by atoms with Crippen LogP contribution in [0.3, 0.4) is 0 Å². The minimum atomic E-state index is 0.0880. The summed E-state index contributed by atoms with van der Waals surface area (Å²) in [5.41, 5.74) is 6.77. The summed E-state index contributed by atoms with van der Waals surface area (Å²) in [6, 6.07) is 3.62. The van der Waals surface area contributed by atoms with Crippen molar-refractivity contribution >= 4 is 11.6 Å². The summed E-state index contributed by atoms with van der Waals surface area (Å²) >= 11 is 6.10. The lowest BCUT2D eigenvalue weighted by molar-refractivity contribution is 0.326. The maximum atomic E-state index is 6.22. The molecule has 0 aliphatic heterocycles. The van der Waals surface area contributed by atoms with Gasteiger partial charge in [0.2, 0.25) is 11.7 Å². The van der Waals surface area contributed by atoms with Gasteiger partial charge in [-0.05, 0) is 25.0 Å². The van der Waals surface area contributed by atoms with E-state index in [9.17, 15) is 0 Å². The van der Waals surface area contributed by atoms with Crippen LogP contribution in [-0.4, -0.2) is 21.2 Å². The average Bonchev–Trinajstić information content (AvgIpc) is 2.82. The Balaban J connectivity index is 1.88. The molecule has 2 aromatic rings. The number of nitrogens with two attached hydrogens (primary N) is 1. The largest absolute Gasteiger partial charge is 0.339 e. The van der Waals surface area contributed by atoms with Gasteiger partial charge >= 0.3 is 0 Å². The third-order valence-corrected chi connectivity index (χ3v) is 4.10. The standard InChI is InChI=1S/C14H17ClN4O/c15-10-6-4-8-17-12(10)13-18-14(20-19-13)9-5-2-1-3-7-11(9)16/h4,6,8-9,11H,1-3,5,7,16H2. The number of hydrogen-bond acceptors (Lipinski definition) is 5. The van der Waals surface area contributed by atoms with Crippen molar-refractivity contribution in [1.29, 1.82) is 0 Å². The predicted octanol–water partition coefficient (Wildman–Crippen LogP) is 3.16. The molecule has 3 rings (SSSR count). The number of hydrogen-bond donors (Lipinski definition) is 1. The summed E-state index contributed by atoms with van der Waals surface area (Å²) < 4.78 is 5.40. The number of rotatable bonds is 2. The van der Waals surface area contributed by atoms with Crippen molar-refractivity contribution in [3.05, 3.63) is 29.2 Å². The highest BCUT2D eigenvalue weighted by atomic mass is 35.5. The molecule has 0 bridgehead atoms. The second-order valence-electron chi connectivity index (χ2n) is 5.20. The van der Waals surface area contributed by atoms with Gasteiger partial charge in [-0.15, -0.1) is 0 Å². The van der Waals surface area contributed by atoms with Crippen LogP contribution < -0.4 is 5.73 Å². The Bertz CT molecular complexity index is 586. The molecular formula is C14H17ClN4O. The van der Waals surface area contributed by atoms with Crippen LogP contribution in [-0.2, 0) is 0 Å². The molecule has 1 aliphatic rings. The van der Waals surface area contributed by atoms with Gasteiger partial charge < -0.3 is 10.3 Å². The maximum absolute atomic E-state index is 6.22. The van der Waals surface area contributed by atoms with E-state index in [-0.39, 0.29) is 12.0 Å². The average molecular weight is 293 g/mol.